The fraction of sp³-hybridized carbons (Fsp3) is 0.533. The third-order valence-electron chi connectivity index (χ3n) is 3.38. The highest BCUT2D eigenvalue weighted by Gasteiger charge is 2.35. The van der Waals surface area contributed by atoms with E-state index < -0.39 is 17.5 Å². The van der Waals surface area contributed by atoms with Crippen molar-refractivity contribution in [3.8, 4) is 5.75 Å². The molecule has 0 bridgehead atoms. The van der Waals surface area contributed by atoms with Crippen LogP contribution >= 0.6 is 0 Å². The van der Waals surface area contributed by atoms with E-state index in [1.165, 1.54) is 13.8 Å². The summed E-state index contributed by atoms with van der Waals surface area (Å²) in [5.41, 5.74) is 0.968. The van der Waals surface area contributed by atoms with Crippen LogP contribution in [0.3, 0.4) is 0 Å². The van der Waals surface area contributed by atoms with Crippen LogP contribution in [-0.2, 0) is 4.79 Å². The average Bonchev–Trinajstić information content (AvgIpc) is 2.33. The van der Waals surface area contributed by atoms with Crippen LogP contribution in [0.4, 0.5) is 0 Å². The van der Waals surface area contributed by atoms with Crippen molar-refractivity contribution < 1.29 is 19.7 Å². The first kappa shape index (κ1) is 15.5. The van der Waals surface area contributed by atoms with E-state index in [0.717, 1.165) is 16.9 Å². The minimum atomic E-state index is -1.16. The number of benzene rings is 1. The Kier molecular flexibility index (Phi) is 4.95. The molecule has 4 nitrogen and oxygen atoms in total. The number of carboxylic acids is 1. The molecule has 0 aliphatic carbocycles. The third-order valence-corrected chi connectivity index (χ3v) is 3.38. The van der Waals surface area contributed by atoms with Crippen molar-refractivity contribution in [1.82, 2.24) is 0 Å². The third kappa shape index (κ3) is 3.96. The van der Waals surface area contributed by atoms with Crippen molar-refractivity contribution in [3.05, 3.63) is 29.3 Å². The number of hydrogen-bond acceptors (Lipinski definition) is 3. The molecule has 1 aromatic rings. The second kappa shape index (κ2) is 6.06. The van der Waals surface area contributed by atoms with E-state index in [-0.39, 0.29) is 6.42 Å². The molecule has 19 heavy (non-hydrogen) atoms. The Morgan fingerprint density at radius 3 is 2.58 bits per heavy atom. The summed E-state index contributed by atoms with van der Waals surface area (Å²) in [6.07, 6.45) is -0.651. The lowest BCUT2D eigenvalue weighted by Gasteiger charge is -2.25. The average molecular weight is 266 g/mol. The zero-order valence-corrected chi connectivity index (χ0v) is 11.9. The molecule has 0 fully saturated rings. The van der Waals surface area contributed by atoms with Crippen molar-refractivity contribution in [1.29, 1.82) is 0 Å². The quantitative estimate of drug-likeness (QED) is 0.830. The Labute approximate surface area is 114 Å². The van der Waals surface area contributed by atoms with Crippen LogP contribution in [0.5, 0.6) is 5.75 Å². The minimum Gasteiger partial charge on any atom is -0.493 e. The number of carboxylic acid groups (broad SMARTS) is 1. The van der Waals surface area contributed by atoms with Gasteiger partial charge >= 0.3 is 5.97 Å². The minimum absolute atomic E-state index is 0.284. The number of aliphatic carboxylic acids is 1. The van der Waals surface area contributed by atoms with Crippen LogP contribution in [0.25, 0.3) is 0 Å². The Morgan fingerprint density at radius 1 is 1.37 bits per heavy atom. The second-order valence-electron chi connectivity index (χ2n) is 5.45. The van der Waals surface area contributed by atoms with E-state index in [1.807, 2.05) is 32.0 Å². The van der Waals surface area contributed by atoms with E-state index in [4.69, 9.17) is 9.84 Å². The largest absolute Gasteiger partial charge is 0.493 e. The Hall–Kier alpha value is -1.55. The lowest BCUT2D eigenvalue weighted by Crippen LogP contribution is -2.38. The molecule has 106 valence electrons. The molecule has 0 saturated heterocycles. The smallest absolute Gasteiger partial charge is 0.311 e. The summed E-state index contributed by atoms with van der Waals surface area (Å²) < 4.78 is 5.61. The highest BCUT2D eigenvalue weighted by molar-refractivity contribution is 5.74. The van der Waals surface area contributed by atoms with Crippen molar-refractivity contribution >= 4 is 5.97 Å². The SMILES string of the molecule is Cc1ccc(C)c(OCCC(O)C(C)(C)C(=O)O)c1. The number of hydrogen-bond donors (Lipinski definition) is 2. The summed E-state index contributed by atoms with van der Waals surface area (Å²) in [6, 6.07) is 5.91. The van der Waals surface area contributed by atoms with Crippen molar-refractivity contribution in [2.45, 2.75) is 40.2 Å². The summed E-state index contributed by atoms with van der Waals surface area (Å²) >= 11 is 0. The number of ether oxygens (including phenoxy) is 1. The van der Waals surface area contributed by atoms with Gasteiger partial charge < -0.3 is 14.9 Å². The number of rotatable bonds is 6. The number of aliphatic hydroxyl groups excluding tert-OH is 1. The van der Waals surface area contributed by atoms with E-state index in [9.17, 15) is 9.90 Å². The molecule has 4 heteroatoms. The highest BCUT2D eigenvalue weighted by Crippen LogP contribution is 2.24. The van der Waals surface area contributed by atoms with E-state index >= 15 is 0 Å². The van der Waals surface area contributed by atoms with Crippen LogP contribution in [0.1, 0.15) is 31.4 Å². The maximum Gasteiger partial charge on any atom is 0.311 e. The molecule has 0 heterocycles. The monoisotopic (exact) mass is 266 g/mol. The van der Waals surface area contributed by atoms with Crippen molar-refractivity contribution in [2.75, 3.05) is 6.61 Å². The van der Waals surface area contributed by atoms with Crippen molar-refractivity contribution in [3.63, 3.8) is 0 Å². The molecule has 0 aromatic heterocycles. The van der Waals surface area contributed by atoms with Gasteiger partial charge in [0.25, 0.3) is 0 Å². The molecule has 0 spiro atoms. The van der Waals surface area contributed by atoms with Gasteiger partial charge in [-0.25, -0.2) is 0 Å². The van der Waals surface area contributed by atoms with Crippen LogP contribution in [0.2, 0.25) is 0 Å². The van der Waals surface area contributed by atoms with Gasteiger partial charge in [0.05, 0.1) is 18.1 Å². The Balaban J connectivity index is 2.55. The second-order valence-corrected chi connectivity index (χ2v) is 5.45. The molecule has 0 radical (unpaired) electrons. The predicted molar refractivity (Wildman–Crippen MR) is 73.5 cm³/mol. The van der Waals surface area contributed by atoms with Gasteiger partial charge in [-0.2, -0.15) is 0 Å². The maximum absolute atomic E-state index is 11.0. The first-order chi connectivity index (χ1) is 8.75. The molecule has 1 rings (SSSR count). The van der Waals surface area contributed by atoms with E-state index in [0.29, 0.717) is 6.61 Å². The molecular weight excluding hydrogens is 244 g/mol. The molecule has 1 unspecified atom stereocenters. The standard InChI is InChI=1S/C15H22O4/c1-10-5-6-11(2)12(9-10)19-8-7-13(16)15(3,4)14(17)18/h5-6,9,13,16H,7-8H2,1-4H3,(H,17,18). The van der Waals surface area contributed by atoms with Gasteiger partial charge in [0.1, 0.15) is 5.75 Å². The number of carbonyl (C=O) groups is 1. The first-order valence-electron chi connectivity index (χ1n) is 6.36. The summed E-state index contributed by atoms with van der Waals surface area (Å²) in [6.45, 7) is 7.25. The van der Waals surface area contributed by atoms with E-state index in [2.05, 4.69) is 0 Å². The number of aryl methyl sites for hydroxylation is 2. The predicted octanol–water partition coefficient (Wildman–Crippen LogP) is 2.54. The van der Waals surface area contributed by atoms with Gasteiger partial charge in [0, 0.05) is 6.42 Å². The molecule has 0 aliphatic rings. The number of aliphatic hydroxyl groups is 1. The fourth-order valence-electron chi connectivity index (χ4n) is 1.65. The Bertz CT molecular complexity index is 451. The van der Waals surface area contributed by atoms with Crippen LogP contribution < -0.4 is 4.74 Å². The zero-order chi connectivity index (χ0) is 14.6. The lowest BCUT2D eigenvalue weighted by molar-refractivity contribution is -0.153. The topological polar surface area (TPSA) is 66.8 Å². The molecule has 1 aromatic carbocycles. The normalized spacial score (nSPS) is 13.1. The van der Waals surface area contributed by atoms with Crippen LogP contribution in [0, 0.1) is 19.3 Å². The van der Waals surface area contributed by atoms with Gasteiger partial charge in [0.2, 0.25) is 0 Å². The molecule has 0 aliphatic heterocycles. The summed E-state index contributed by atoms with van der Waals surface area (Å²) in [4.78, 5) is 11.0. The molecule has 1 atom stereocenters. The molecule has 0 amide bonds. The Morgan fingerprint density at radius 2 is 2.00 bits per heavy atom. The molecular formula is C15H22O4. The summed E-state index contributed by atoms with van der Waals surface area (Å²) in [5, 5.41) is 18.9. The van der Waals surface area contributed by atoms with E-state index in [1.54, 1.807) is 0 Å². The van der Waals surface area contributed by atoms with Crippen LogP contribution in [-0.4, -0.2) is 28.9 Å². The van der Waals surface area contributed by atoms with Gasteiger partial charge in [-0.05, 0) is 44.9 Å². The molecule has 0 saturated carbocycles. The first-order valence-corrected chi connectivity index (χ1v) is 6.36. The van der Waals surface area contributed by atoms with Crippen molar-refractivity contribution in [2.24, 2.45) is 5.41 Å². The summed E-state index contributed by atoms with van der Waals surface area (Å²) in [5.74, 6) is -0.230. The zero-order valence-electron chi connectivity index (χ0n) is 11.9. The molecule has 2 N–H and O–H groups in total. The fourth-order valence-corrected chi connectivity index (χ4v) is 1.65. The summed E-state index contributed by atoms with van der Waals surface area (Å²) in [7, 11) is 0. The van der Waals surface area contributed by atoms with Gasteiger partial charge in [-0.3, -0.25) is 4.79 Å². The van der Waals surface area contributed by atoms with Crippen LogP contribution in [0.15, 0.2) is 18.2 Å². The van der Waals surface area contributed by atoms with Gasteiger partial charge in [-0.1, -0.05) is 12.1 Å². The van der Waals surface area contributed by atoms with Gasteiger partial charge in [-0.15, -0.1) is 0 Å². The lowest BCUT2D eigenvalue weighted by atomic mass is 9.85. The van der Waals surface area contributed by atoms with Gasteiger partial charge in [0.15, 0.2) is 0 Å². The maximum atomic E-state index is 11.0. The highest BCUT2D eigenvalue weighted by atomic mass is 16.5.